The van der Waals surface area contributed by atoms with Gasteiger partial charge in [-0.1, -0.05) is 0 Å². The van der Waals surface area contributed by atoms with Gasteiger partial charge in [0.05, 0.1) is 18.7 Å². The third-order valence-corrected chi connectivity index (χ3v) is 3.49. The largest absolute Gasteiger partial charge is 0.493 e. The van der Waals surface area contributed by atoms with E-state index in [2.05, 4.69) is 26.2 Å². The summed E-state index contributed by atoms with van der Waals surface area (Å²) in [6.45, 7) is 1.55. The monoisotopic (exact) mass is 336 g/mol. The van der Waals surface area contributed by atoms with E-state index in [0.717, 1.165) is 28.9 Å². The minimum absolute atomic E-state index is 0.713. The molecule has 0 aliphatic carbocycles. The van der Waals surface area contributed by atoms with Crippen molar-refractivity contribution in [3.63, 3.8) is 0 Å². The summed E-state index contributed by atoms with van der Waals surface area (Å²) in [5, 5.41) is 3.39. The van der Waals surface area contributed by atoms with Crippen molar-refractivity contribution in [1.82, 2.24) is 10.3 Å². The van der Waals surface area contributed by atoms with E-state index >= 15 is 0 Å². The average Bonchev–Trinajstić information content (AvgIpc) is 2.47. The zero-order valence-corrected chi connectivity index (χ0v) is 13.1. The number of ether oxygens (including phenoxy) is 2. The van der Waals surface area contributed by atoms with Crippen molar-refractivity contribution in [3.05, 3.63) is 52.3 Å². The van der Waals surface area contributed by atoms with E-state index in [1.807, 2.05) is 24.3 Å². The molecule has 2 rings (SSSR count). The molecule has 5 heteroatoms. The molecule has 0 atom stereocenters. The highest BCUT2D eigenvalue weighted by Crippen LogP contribution is 2.36. The third-order valence-electron chi connectivity index (χ3n) is 2.90. The maximum atomic E-state index is 5.33. The molecule has 1 aromatic carbocycles. The van der Waals surface area contributed by atoms with Crippen LogP contribution in [0.2, 0.25) is 0 Å². The van der Waals surface area contributed by atoms with Crippen LogP contribution < -0.4 is 14.8 Å². The second kappa shape index (κ2) is 7.26. The molecule has 0 spiro atoms. The van der Waals surface area contributed by atoms with Gasteiger partial charge in [0, 0.05) is 25.5 Å². The van der Waals surface area contributed by atoms with E-state index in [-0.39, 0.29) is 0 Å². The first-order chi connectivity index (χ1) is 9.74. The molecule has 0 aliphatic rings. The maximum Gasteiger partial charge on any atom is 0.174 e. The lowest BCUT2D eigenvalue weighted by Gasteiger charge is -2.12. The van der Waals surface area contributed by atoms with Crippen LogP contribution in [0.25, 0.3) is 0 Å². The molecule has 0 aliphatic heterocycles. The predicted molar refractivity (Wildman–Crippen MR) is 82.0 cm³/mol. The van der Waals surface area contributed by atoms with Gasteiger partial charge in [-0.3, -0.25) is 4.98 Å². The summed E-state index contributed by atoms with van der Waals surface area (Å²) >= 11 is 3.49. The van der Waals surface area contributed by atoms with Gasteiger partial charge in [-0.2, -0.15) is 0 Å². The highest BCUT2D eigenvalue weighted by atomic mass is 79.9. The first kappa shape index (κ1) is 14.8. The Morgan fingerprint density at radius 2 is 1.75 bits per heavy atom. The van der Waals surface area contributed by atoms with Crippen LogP contribution in [-0.2, 0) is 13.1 Å². The normalized spacial score (nSPS) is 10.3. The van der Waals surface area contributed by atoms with Crippen LogP contribution >= 0.6 is 15.9 Å². The fourth-order valence-corrected chi connectivity index (χ4v) is 2.58. The van der Waals surface area contributed by atoms with Crippen LogP contribution in [0.15, 0.2) is 41.1 Å². The molecule has 0 saturated heterocycles. The topological polar surface area (TPSA) is 43.4 Å². The summed E-state index contributed by atoms with van der Waals surface area (Å²) < 4.78 is 11.5. The van der Waals surface area contributed by atoms with Crippen LogP contribution in [0, 0.1) is 0 Å². The van der Waals surface area contributed by atoms with E-state index in [9.17, 15) is 0 Å². The van der Waals surface area contributed by atoms with E-state index in [1.165, 1.54) is 5.56 Å². The maximum absolute atomic E-state index is 5.33. The molecule has 1 heterocycles. The lowest BCUT2D eigenvalue weighted by molar-refractivity contribution is 0.352. The Hall–Kier alpha value is -1.59. The van der Waals surface area contributed by atoms with Gasteiger partial charge in [0.25, 0.3) is 0 Å². The first-order valence-corrected chi connectivity index (χ1v) is 7.04. The summed E-state index contributed by atoms with van der Waals surface area (Å²) in [7, 11) is 3.27. The van der Waals surface area contributed by atoms with Crippen molar-refractivity contribution >= 4 is 15.9 Å². The number of nitrogens with one attached hydrogen (secondary N) is 1. The zero-order chi connectivity index (χ0) is 14.4. The summed E-state index contributed by atoms with van der Waals surface area (Å²) in [6, 6.07) is 8.00. The Kier molecular flexibility index (Phi) is 5.38. The number of benzene rings is 1. The number of rotatable bonds is 6. The SMILES string of the molecule is COc1cc(CNCc2ccncc2)cc(Br)c1OC. The standard InChI is InChI=1S/C15H17BrN2O2/c1-19-14-8-12(7-13(16)15(14)20-2)10-18-9-11-3-5-17-6-4-11/h3-8,18H,9-10H2,1-2H3. The van der Waals surface area contributed by atoms with Gasteiger partial charge < -0.3 is 14.8 Å². The molecule has 106 valence electrons. The lowest BCUT2D eigenvalue weighted by atomic mass is 10.2. The fourth-order valence-electron chi connectivity index (χ4n) is 1.93. The molecular formula is C15H17BrN2O2. The second-order valence-electron chi connectivity index (χ2n) is 4.27. The molecule has 0 saturated carbocycles. The smallest absolute Gasteiger partial charge is 0.174 e. The molecule has 0 amide bonds. The highest BCUT2D eigenvalue weighted by Gasteiger charge is 2.10. The Balaban J connectivity index is 2.01. The van der Waals surface area contributed by atoms with Crippen molar-refractivity contribution in [2.75, 3.05) is 14.2 Å². The number of nitrogens with zero attached hydrogens (tertiary/aromatic N) is 1. The van der Waals surface area contributed by atoms with Crippen LogP contribution in [-0.4, -0.2) is 19.2 Å². The quantitative estimate of drug-likeness (QED) is 0.879. The van der Waals surface area contributed by atoms with Gasteiger partial charge in [0.1, 0.15) is 0 Å². The van der Waals surface area contributed by atoms with Crippen molar-refractivity contribution < 1.29 is 9.47 Å². The number of methoxy groups -OCH3 is 2. The molecular weight excluding hydrogens is 320 g/mol. The summed E-state index contributed by atoms with van der Waals surface area (Å²) in [6.07, 6.45) is 3.59. The van der Waals surface area contributed by atoms with E-state index in [1.54, 1.807) is 26.6 Å². The molecule has 0 radical (unpaired) electrons. The number of halogens is 1. The fraction of sp³-hybridized carbons (Fsp3) is 0.267. The van der Waals surface area contributed by atoms with E-state index in [4.69, 9.17) is 9.47 Å². The first-order valence-electron chi connectivity index (χ1n) is 6.24. The molecule has 4 nitrogen and oxygen atoms in total. The lowest BCUT2D eigenvalue weighted by Crippen LogP contribution is -2.12. The molecule has 1 N–H and O–H groups in total. The summed E-state index contributed by atoms with van der Waals surface area (Å²) in [5.41, 5.74) is 2.34. The third kappa shape index (κ3) is 3.71. The van der Waals surface area contributed by atoms with Crippen molar-refractivity contribution in [1.29, 1.82) is 0 Å². The Labute approximate surface area is 127 Å². The number of pyridine rings is 1. The van der Waals surface area contributed by atoms with Gasteiger partial charge in [-0.25, -0.2) is 0 Å². The molecule has 1 aromatic heterocycles. The van der Waals surface area contributed by atoms with Gasteiger partial charge >= 0.3 is 0 Å². The second-order valence-corrected chi connectivity index (χ2v) is 5.13. The Morgan fingerprint density at radius 3 is 2.40 bits per heavy atom. The average molecular weight is 337 g/mol. The minimum Gasteiger partial charge on any atom is -0.493 e. The van der Waals surface area contributed by atoms with Crippen LogP contribution in [0.1, 0.15) is 11.1 Å². The van der Waals surface area contributed by atoms with Gasteiger partial charge in [0.2, 0.25) is 0 Å². The summed E-state index contributed by atoms with van der Waals surface area (Å²) in [4.78, 5) is 4.00. The summed E-state index contributed by atoms with van der Waals surface area (Å²) in [5.74, 6) is 1.44. The van der Waals surface area contributed by atoms with Crippen LogP contribution in [0.4, 0.5) is 0 Å². The van der Waals surface area contributed by atoms with Crippen LogP contribution in [0.5, 0.6) is 11.5 Å². The minimum atomic E-state index is 0.713. The zero-order valence-electron chi connectivity index (χ0n) is 11.5. The highest BCUT2D eigenvalue weighted by molar-refractivity contribution is 9.10. The van der Waals surface area contributed by atoms with Gasteiger partial charge in [-0.05, 0) is 51.3 Å². The molecule has 0 bridgehead atoms. The number of aromatic nitrogens is 1. The molecule has 20 heavy (non-hydrogen) atoms. The number of hydrogen-bond acceptors (Lipinski definition) is 4. The van der Waals surface area contributed by atoms with Gasteiger partial charge in [-0.15, -0.1) is 0 Å². The molecule has 2 aromatic rings. The predicted octanol–water partition coefficient (Wildman–Crippen LogP) is 3.15. The van der Waals surface area contributed by atoms with E-state index in [0.29, 0.717) is 5.75 Å². The van der Waals surface area contributed by atoms with Crippen molar-refractivity contribution in [2.45, 2.75) is 13.1 Å². The molecule has 0 unspecified atom stereocenters. The Bertz CT molecular complexity index is 561. The van der Waals surface area contributed by atoms with Crippen molar-refractivity contribution in [3.8, 4) is 11.5 Å². The van der Waals surface area contributed by atoms with Crippen molar-refractivity contribution in [2.24, 2.45) is 0 Å². The number of hydrogen-bond donors (Lipinski definition) is 1. The van der Waals surface area contributed by atoms with Gasteiger partial charge in [0.15, 0.2) is 11.5 Å². The van der Waals surface area contributed by atoms with E-state index < -0.39 is 0 Å². The molecule has 0 fully saturated rings. The Morgan fingerprint density at radius 1 is 1.05 bits per heavy atom. The van der Waals surface area contributed by atoms with Crippen LogP contribution in [0.3, 0.4) is 0 Å².